The first-order valence-corrected chi connectivity index (χ1v) is 10.2. The summed E-state index contributed by atoms with van der Waals surface area (Å²) in [4.78, 5) is 27.7. The highest BCUT2D eigenvalue weighted by Gasteiger charge is 2.40. The van der Waals surface area contributed by atoms with Gasteiger partial charge in [0.25, 0.3) is 5.91 Å². The summed E-state index contributed by atoms with van der Waals surface area (Å²) >= 11 is 6.05. The van der Waals surface area contributed by atoms with Gasteiger partial charge in [0.2, 0.25) is 5.91 Å². The molecular formula is C23H27ClN2O3. The van der Waals surface area contributed by atoms with Gasteiger partial charge in [-0.15, -0.1) is 0 Å². The Labute approximate surface area is 177 Å². The van der Waals surface area contributed by atoms with E-state index in [0.29, 0.717) is 36.1 Å². The molecule has 0 spiro atoms. The second-order valence-corrected chi connectivity index (χ2v) is 8.29. The molecule has 1 fully saturated rings. The number of carbonyl (C=O) groups is 2. The Bertz CT molecular complexity index is 884. The standard InChI is InChI=1S/C23H27ClN2O3/c1-15(2)12-25-22(27)21-14-26(23(28)17-7-4-8-18(24)10-17)13-20(21)16-6-5-9-19(11-16)29-3/h4-11,15,20-21H,12-14H2,1-3H3,(H,25,27)/t20-,21+/m0/s1. The predicted octanol–water partition coefficient (Wildman–Crippen LogP) is 3.98. The number of nitrogens with one attached hydrogen (secondary N) is 1. The van der Waals surface area contributed by atoms with E-state index in [-0.39, 0.29) is 23.7 Å². The molecule has 1 N–H and O–H groups in total. The van der Waals surface area contributed by atoms with Crippen molar-refractivity contribution < 1.29 is 14.3 Å². The van der Waals surface area contributed by atoms with Crippen LogP contribution in [0.15, 0.2) is 48.5 Å². The van der Waals surface area contributed by atoms with E-state index in [0.717, 1.165) is 11.3 Å². The topological polar surface area (TPSA) is 58.6 Å². The average Bonchev–Trinajstić information content (AvgIpc) is 3.17. The lowest BCUT2D eigenvalue weighted by molar-refractivity contribution is -0.125. The Morgan fingerprint density at radius 3 is 2.62 bits per heavy atom. The van der Waals surface area contributed by atoms with Crippen molar-refractivity contribution in [2.75, 3.05) is 26.7 Å². The zero-order valence-corrected chi connectivity index (χ0v) is 17.8. The highest BCUT2D eigenvalue weighted by Crippen LogP contribution is 2.35. The lowest BCUT2D eigenvalue weighted by Gasteiger charge is -2.19. The maximum Gasteiger partial charge on any atom is 0.253 e. The van der Waals surface area contributed by atoms with Crippen LogP contribution >= 0.6 is 11.6 Å². The molecule has 1 aliphatic heterocycles. The van der Waals surface area contributed by atoms with Crippen LogP contribution in [0.3, 0.4) is 0 Å². The molecule has 5 nitrogen and oxygen atoms in total. The second kappa shape index (κ2) is 9.31. The van der Waals surface area contributed by atoms with Gasteiger partial charge in [0.1, 0.15) is 5.75 Å². The van der Waals surface area contributed by atoms with Gasteiger partial charge in [0.05, 0.1) is 13.0 Å². The minimum atomic E-state index is -0.316. The quantitative estimate of drug-likeness (QED) is 0.777. The van der Waals surface area contributed by atoms with Crippen molar-refractivity contribution in [3.05, 3.63) is 64.7 Å². The van der Waals surface area contributed by atoms with Crippen molar-refractivity contribution in [2.45, 2.75) is 19.8 Å². The molecule has 0 bridgehead atoms. The summed E-state index contributed by atoms with van der Waals surface area (Å²) in [6.07, 6.45) is 0. The third-order valence-corrected chi connectivity index (χ3v) is 5.46. The number of benzene rings is 2. The van der Waals surface area contributed by atoms with Gasteiger partial charge in [-0.05, 0) is 41.8 Å². The number of rotatable bonds is 6. The van der Waals surface area contributed by atoms with Gasteiger partial charge in [0.15, 0.2) is 0 Å². The molecule has 0 aromatic heterocycles. The van der Waals surface area contributed by atoms with Crippen LogP contribution in [0.25, 0.3) is 0 Å². The number of carbonyl (C=O) groups excluding carboxylic acids is 2. The normalized spacial score (nSPS) is 18.7. The zero-order chi connectivity index (χ0) is 21.0. The van der Waals surface area contributed by atoms with Gasteiger partial charge >= 0.3 is 0 Å². The summed E-state index contributed by atoms with van der Waals surface area (Å²) in [6, 6.07) is 14.6. The molecule has 2 amide bonds. The largest absolute Gasteiger partial charge is 0.497 e. The van der Waals surface area contributed by atoms with Crippen molar-refractivity contribution in [3.8, 4) is 5.75 Å². The van der Waals surface area contributed by atoms with Crippen LogP contribution in [0, 0.1) is 11.8 Å². The number of methoxy groups -OCH3 is 1. The highest BCUT2D eigenvalue weighted by molar-refractivity contribution is 6.30. The van der Waals surface area contributed by atoms with E-state index < -0.39 is 0 Å². The predicted molar refractivity (Wildman–Crippen MR) is 114 cm³/mol. The number of amides is 2. The average molecular weight is 415 g/mol. The molecule has 1 heterocycles. The number of hydrogen-bond donors (Lipinski definition) is 1. The van der Waals surface area contributed by atoms with E-state index in [9.17, 15) is 9.59 Å². The smallest absolute Gasteiger partial charge is 0.253 e. The lowest BCUT2D eigenvalue weighted by Crippen LogP contribution is -2.37. The molecule has 0 radical (unpaired) electrons. The van der Waals surface area contributed by atoms with Crippen LogP contribution < -0.4 is 10.1 Å². The molecule has 0 aliphatic carbocycles. The molecule has 1 aliphatic rings. The molecule has 1 saturated heterocycles. The van der Waals surface area contributed by atoms with Crippen LogP contribution in [-0.4, -0.2) is 43.5 Å². The SMILES string of the molecule is COc1cccc([C@@H]2CN(C(=O)c3cccc(Cl)c3)C[C@H]2C(=O)NCC(C)C)c1. The van der Waals surface area contributed by atoms with Crippen molar-refractivity contribution in [3.63, 3.8) is 0 Å². The Morgan fingerprint density at radius 2 is 1.93 bits per heavy atom. The molecule has 154 valence electrons. The third kappa shape index (κ3) is 5.10. The summed E-state index contributed by atoms with van der Waals surface area (Å²) in [5.41, 5.74) is 1.53. The summed E-state index contributed by atoms with van der Waals surface area (Å²) in [5, 5.41) is 3.55. The first kappa shape index (κ1) is 21.2. The van der Waals surface area contributed by atoms with Gasteiger partial charge in [-0.2, -0.15) is 0 Å². The molecule has 2 aromatic rings. The summed E-state index contributed by atoms with van der Waals surface area (Å²) in [7, 11) is 1.62. The van der Waals surface area contributed by atoms with E-state index in [4.69, 9.17) is 16.3 Å². The fraction of sp³-hybridized carbons (Fsp3) is 0.391. The Morgan fingerprint density at radius 1 is 1.17 bits per heavy atom. The minimum absolute atomic E-state index is 0.0205. The first-order valence-electron chi connectivity index (χ1n) is 9.85. The third-order valence-electron chi connectivity index (χ3n) is 5.22. The molecule has 29 heavy (non-hydrogen) atoms. The van der Waals surface area contributed by atoms with Crippen LogP contribution in [0.4, 0.5) is 0 Å². The lowest BCUT2D eigenvalue weighted by atomic mass is 9.88. The monoisotopic (exact) mass is 414 g/mol. The fourth-order valence-corrected chi connectivity index (χ4v) is 3.88. The van der Waals surface area contributed by atoms with Crippen molar-refractivity contribution in [2.24, 2.45) is 11.8 Å². The molecule has 2 atom stereocenters. The van der Waals surface area contributed by atoms with Gasteiger partial charge in [-0.1, -0.05) is 43.6 Å². The zero-order valence-electron chi connectivity index (χ0n) is 17.0. The van der Waals surface area contributed by atoms with E-state index >= 15 is 0 Å². The van der Waals surface area contributed by atoms with Crippen molar-refractivity contribution in [1.29, 1.82) is 0 Å². The summed E-state index contributed by atoms with van der Waals surface area (Å²) in [6.45, 7) is 5.57. The molecule has 0 unspecified atom stereocenters. The first-order chi connectivity index (χ1) is 13.9. The molecule has 0 saturated carbocycles. The number of nitrogens with zero attached hydrogens (tertiary/aromatic N) is 1. The van der Waals surface area contributed by atoms with E-state index in [1.807, 2.05) is 24.3 Å². The van der Waals surface area contributed by atoms with Crippen LogP contribution in [-0.2, 0) is 4.79 Å². The van der Waals surface area contributed by atoms with E-state index in [2.05, 4.69) is 19.2 Å². The van der Waals surface area contributed by atoms with E-state index in [1.54, 1.807) is 36.3 Å². The van der Waals surface area contributed by atoms with Crippen molar-refractivity contribution in [1.82, 2.24) is 10.2 Å². The highest BCUT2D eigenvalue weighted by atomic mass is 35.5. The second-order valence-electron chi connectivity index (χ2n) is 7.85. The maximum atomic E-state index is 13.0. The minimum Gasteiger partial charge on any atom is -0.497 e. The van der Waals surface area contributed by atoms with Gasteiger partial charge in [0, 0.05) is 36.1 Å². The van der Waals surface area contributed by atoms with Gasteiger partial charge in [-0.25, -0.2) is 0 Å². The Balaban J connectivity index is 1.86. The van der Waals surface area contributed by atoms with Crippen LogP contribution in [0.5, 0.6) is 5.75 Å². The Kier molecular flexibility index (Phi) is 6.80. The summed E-state index contributed by atoms with van der Waals surface area (Å²) < 4.78 is 5.35. The molecular weight excluding hydrogens is 388 g/mol. The maximum absolute atomic E-state index is 13.0. The fourth-order valence-electron chi connectivity index (χ4n) is 3.69. The Hall–Kier alpha value is -2.53. The summed E-state index contributed by atoms with van der Waals surface area (Å²) in [5.74, 6) is 0.556. The number of halogens is 1. The van der Waals surface area contributed by atoms with Gasteiger partial charge in [-0.3, -0.25) is 9.59 Å². The van der Waals surface area contributed by atoms with Gasteiger partial charge < -0.3 is 15.0 Å². The van der Waals surface area contributed by atoms with Crippen molar-refractivity contribution >= 4 is 23.4 Å². The number of likely N-dealkylation sites (tertiary alicyclic amines) is 1. The van der Waals surface area contributed by atoms with E-state index in [1.165, 1.54) is 0 Å². The number of hydrogen-bond acceptors (Lipinski definition) is 3. The molecule has 2 aromatic carbocycles. The van der Waals surface area contributed by atoms with Crippen LogP contribution in [0.1, 0.15) is 35.7 Å². The molecule has 3 rings (SSSR count). The number of ether oxygens (including phenoxy) is 1. The van der Waals surface area contributed by atoms with Crippen LogP contribution in [0.2, 0.25) is 5.02 Å². The molecule has 6 heteroatoms.